The van der Waals surface area contributed by atoms with Gasteiger partial charge in [-0.3, -0.25) is 4.68 Å². The first-order valence-electron chi connectivity index (χ1n) is 6.92. The number of nitrogens with zero attached hydrogens (tertiary/aromatic N) is 2. The molecule has 0 fully saturated rings. The number of hydrogen-bond donors (Lipinski definition) is 1. The topological polar surface area (TPSA) is 39.1 Å². The Hall–Kier alpha value is -2.75. The van der Waals surface area contributed by atoms with Gasteiger partial charge in [-0.1, -0.05) is 36.4 Å². The lowest BCUT2D eigenvalue weighted by Gasteiger charge is -2.29. The van der Waals surface area contributed by atoms with Crippen LogP contribution in [0.3, 0.4) is 0 Å². The SMILES string of the molecule is Cn1cc(NC2c3ccccc3Oc3ccccc32)cn1. The lowest BCUT2D eigenvalue weighted by atomic mass is 9.94. The van der Waals surface area contributed by atoms with Crippen LogP contribution in [0.25, 0.3) is 0 Å². The summed E-state index contributed by atoms with van der Waals surface area (Å²) >= 11 is 0. The number of hydrogen-bond acceptors (Lipinski definition) is 3. The molecule has 1 aromatic heterocycles. The molecule has 0 bridgehead atoms. The largest absolute Gasteiger partial charge is 0.457 e. The van der Waals surface area contributed by atoms with Crippen molar-refractivity contribution in [2.24, 2.45) is 7.05 Å². The van der Waals surface area contributed by atoms with E-state index in [-0.39, 0.29) is 6.04 Å². The molecule has 0 saturated carbocycles. The smallest absolute Gasteiger partial charge is 0.133 e. The zero-order valence-electron chi connectivity index (χ0n) is 11.7. The van der Waals surface area contributed by atoms with Crippen molar-refractivity contribution in [1.82, 2.24) is 9.78 Å². The van der Waals surface area contributed by atoms with Gasteiger partial charge in [-0.2, -0.15) is 5.10 Å². The number of aromatic nitrogens is 2. The molecule has 0 atom stereocenters. The number of benzene rings is 2. The molecule has 0 amide bonds. The molecule has 4 heteroatoms. The minimum atomic E-state index is 0.0651. The van der Waals surface area contributed by atoms with Gasteiger partial charge in [-0.15, -0.1) is 0 Å². The Balaban J connectivity index is 1.81. The third-order valence-electron chi connectivity index (χ3n) is 3.70. The van der Waals surface area contributed by atoms with E-state index >= 15 is 0 Å². The van der Waals surface area contributed by atoms with E-state index in [0.717, 1.165) is 28.3 Å². The van der Waals surface area contributed by atoms with E-state index in [9.17, 15) is 0 Å². The van der Waals surface area contributed by atoms with E-state index in [1.807, 2.05) is 55.8 Å². The molecule has 104 valence electrons. The Morgan fingerprint density at radius 3 is 2.19 bits per heavy atom. The fourth-order valence-electron chi connectivity index (χ4n) is 2.73. The van der Waals surface area contributed by atoms with Gasteiger partial charge in [-0.05, 0) is 12.1 Å². The van der Waals surface area contributed by atoms with Crippen LogP contribution in [0.4, 0.5) is 5.69 Å². The van der Waals surface area contributed by atoms with Gasteiger partial charge in [0.1, 0.15) is 11.5 Å². The van der Waals surface area contributed by atoms with E-state index in [0.29, 0.717) is 0 Å². The molecule has 2 heterocycles. The van der Waals surface area contributed by atoms with Gasteiger partial charge in [0, 0.05) is 24.4 Å². The van der Waals surface area contributed by atoms with Crippen molar-refractivity contribution in [3.8, 4) is 11.5 Å². The van der Waals surface area contributed by atoms with Crippen LogP contribution in [0.2, 0.25) is 0 Å². The van der Waals surface area contributed by atoms with Crippen molar-refractivity contribution in [3.05, 3.63) is 72.1 Å². The summed E-state index contributed by atoms with van der Waals surface area (Å²) in [5, 5.41) is 7.77. The molecule has 4 nitrogen and oxygen atoms in total. The number of ether oxygens (including phenoxy) is 1. The standard InChI is InChI=1S/C17H15N3O/c1-20-11-12(10-18-20)19-17-13-6-2-4-8-15(13)21-16-9-5-3-7-14(16)17/h2-11,17,19H,1H3. The highest BCUT2D eigenvalue weighted by molar-refractivity contribution is 5.57. The van der Waals surface area contributed by atoms with Crippen molar-refractivity contribution >= 4 is 5.69 Å². The summed E-state index contributed by atoms with van der Waals surface area (Å²) in [5.41, 5.74) is 3.27. The summed E-state index contributed by atoms with van der Waals surface area (Å²) in [6, 6.07) is 16.3. The van der Waals surface area contributed by atoms with E-state index in [4.69, 9.17) is 4.74 Å². The first-order valence-corrected chi connectivity index (χ1v) is 6.92. The average Bonchev–Trinajstić information content (AvgIpc) is 2.92. The van der Waals surface area contributed by atoms with Crippen molar-refractivity contribution < 1.29 is 4.74 Å². The second kappa shape index (κ2) is 4.66. The Labute approximate surface area is 123 Å². The van der Waals surface area contributed by atoms with Crippen molar-refractivity contribution in [2.45, 2.75) is 6.04 Å². The molecule has 1 aliphatic heterocycles. The summed E-state index contributed by atoms with van der Waals surface area (Å²) in [6.07, 6.45) is 3.81. The highest BCUT2D eigenvalue weighted by Crippen LogP contribution is 2.43. The molecule has 0 spiro atoms. The first-order chi connectivity index (χ1) is 10.3. The van der Waals surface area contributed by atoms with Crippen LogP contribution in [-0.4, -0.2) is 9.78 Å². The Bertz CT molecular complexity index is 748. The molecule has 0 saturated heterocycles. The molecule has 1 aliphatic rings. The van der Waals surface area contributed by atoms with Gasteiger partial charge >= 0.3 is 0 Å². The van der Waals surface area contributed by atoms with E-state index in [1.165, 1.54) is 0 Å². The third kappa shape index (κ3) is 2.05. The van der Waals surface area contributed by atoms with Crippen LogP contribution in [0, 0.1) is 0 Å². The number of nitrogens with one attached hydrogen (secondary N) is 1. The van der Waals surface area contributed by atoms with Crippen LogP contribution < -0.4 is 10.1 Å². The monoisotopic (exact) mass is 277 g/mol. The minimum Gasteiger partial charge on any atom is -0.457 e. The predicted molar refractivity (Wildman–Crippen MR) is 81.6 cm³/mol. The van der Waals surface area contributed by atoms with Gasteiger partial charge in [0.2, 0.25) is 0 Å². The summed E-state index contributed by atoms with van der Waals surface area (Å²) in [4.78, 5) is 0. The maximum Gasteiger partial charge on any atom is 0.133 e. The van der Waals surface area contributed by atoms with Crippen LogP contribution in [-0.2, 0) is 7.05 Å². The number of fused-ring (bicyclic) bond motifs is 2. The summed E-state index contributed by atoms with van der Waals surface area (Å²) < 4.78 is 7.78. The second-order valence-electron chi connectivity index (χ2n) is 5.16. The maximum absolute atomic E-state index is 5.99. The molecule has 1 N–H and O–H groups in total. The third-order valence-corrected chi connectivity index (χ3v) is 3.70. The summed E-state index contributed by atoms with van der Waals surface area (Å²) in [6.45, 7) is 0. The van der Waals surface area contributed by atoms with Gasteiger partial charge < -0.3 is 10.1 Å². The Kier molecular flexibility index (Phi) is 2.67. The normalized spacial score (nSPS) is 13.2. The first kappa shape index (κ1) is 12.0. The molecular weight excluding hydrogens is 262 g/mol. The highest BCUT2D eigenvalue weighted by atomic mass is 16.5. The number of anilines is 1. The van der Waals surface area contributed by atoms with Crippen molar-refractivity contribution in [2.75, 3.05) is 5.32 Å². The van der Waals surface area contributed by atoms with Gasteiger partial charge in [0.15, 0.2) is 0 Å². The molecule has 2 aromatic carbocycles. The van der Waals surface area contributed by atoms with Crippen LogP contribution in [0.1, 0.15) is 17.2 Å². The summed E-state index contributed by atoms with van der Waals surface area (Å²) in [7, 11) is 1.91. The minimum absolute atomic E-state index is 0.0651. The molecule has 0 aliphatic carbocycles. The fourth-order valence-corrected chi connectivity index (χ4v) is 2.73. The van der Waals surface area contributed by atoms with E-state index in [2.05, 4.69) is 22.5 Å². The maximum atomic E-state index is 5.99. The van der Waals surface area contributed by atoms with Crippen molar-refractivity contribution in [3.63, 3.8) is 0 Å². The lowest BCUT2D eigenvalue weighted by molar-refractivity contribution is 0.451. The summed E-state index contributed by atoms with van der Waals surface area (Å²) in [5.74, 6) is 1.80. The molecule has 3 aromatic rings. The Morgan fingerprint density at radius 2 is 1.62 bits per heavy atom. The second-order valence-corrected chi connectivity index (χ2v) is 5.16. The number of aryl methyl sites for hydroxylation is 1. The molecule has 0 unspecified atom stereocenters. The van der Waals surface area contributed by atoms with Gasteiger partial charge in [0.05, 0.1) is 17.9 Å². The zero-order chi connectivity index (χ0) is 14.2. The highest BCUT2D eigenvalue weighted by Gasteiger charge is 2.26. The Morgan fingerprint density at radius 1 is 1.00 bits per heavy atom. The van der Waals surface area contributed by atoms with E-state index in [1.54, 1.807) is 4.68 Å². The lowest BCUT2D eigenvalue weighted by Crippen LogP contribution is -2.17. The fraction of sp³-hybridized carbons (Fsp3) is 0.118. The zero-order valence-corrected chi connectivity index (χ0v) is 11.7. The quantitative estimate of drug-likeness (QED) is 0.775. The molecule has 21 heavy (non-hydrogen) atoms. The van der Waals surface area contributed by atoms with Gasteiger partial charge in [0.25, 0.3) is 0 Å². The van der Waals surface area contributed by atoms with Gasteiger partial charge in [-0.25, -0.2) is 0 Å². The average molecular weight is 277 g/mol. The number of para-hydroxylation sites is 2. The molecule has 0 radical (unpaired) electrons. The van der Waals surface area contributed by atoms with Crippen molar-refractivity contribution in [1.29, 1.82) is 0 Å². The van der Waals surface area contributed by atoms with Crippen LogP contribution >= 0.6 is 0 Å². The van der Waals surface area contributed by atoms with E-state index < -0.39 is 0 Å². The van der Waals surface area contributed by atoms with Crippen LogP contribution in [0.5, 0.6) is 11.5 Å². The predicted octanol–water partition coefficient (Wildman–Crippen LogP) is 3.73. The van der Waals surface area contributed by atoms with Crippen LogP contribution in [0.15, 0.2) is 60.9 Å². The number of rotatable bonds is 2. The molecule has 4 rings (SSSR count). The molecular formula is C17H15N3O.